The van der Waals surface area contributed by atoms with Crippen LogP contribution in [0.4, 0.5) is 0 Å². The lowest BCUT2D eigenvalue weighted by Gasteiger charge is -2.06. The van der Waals surface area contributed by atoms with E-state index >= 15 is 0 Å². The van der Waals surface area contributed by atoms with Crippen LogP contribution in [0.15, 0.2) is 83.9 Å². The van der Waals surface area contributed by atoms with Crippen molar-refractivity contribution in [3.63, 3.8) is 0 Å². The highest BCUT2D eigenvalue weighted by molar-refractivity contribution is 7.90. The number of para-hydroxylation sites is 1. The second-order valence-electron chi connectivity index (χ2n) is 6.63. The van der Waals surface area contributed by atoms with Crippen molar-refractivity contribution < 1.29 is 8.42 Å². The molecule has 4 aromatic rings. The molecule has 0 unspecified atom stereocenters. The fourth-order valence-electron chi connectivity index (χ4n) is 3.30. The van der Waals surface area contributed by atoms with Crippen LogP contribution in [0.3, 0.4) is 0 Å². The maximum atomic E-state index is 13.1. The zero-order valence-corrected chi connectivity index (χ0v) is 17.2. The maximum absolute atomic E-state index is 13.1. The highest BCUT2D eigenvalue weighted by Gasteiger charge is 2.21. The number of benzene rings is 3. The van der Waals surface area contributed by atoms with E-state index in [4.69, 9.17) is 23.2 Å². The van der Waals surface area contributed by atoms with Gasteiger partial charge < -0.3 is 4.57 Å². The van der Waals surface area contributed by atoms with Crippen LogP contribution in [0.5, 0.6) is 0 Å². The molecule has 3 nitrogen and oxygen atoms in total. The first-order valence-electron chi connectivity index (χ1n) is 8.72. The molecule has 0 N–H and O–H groups in total. The van der Waals surface area contributed by atoms with Gasteiger partial charge in [0.05, 0.1) is 20.7 Å². The summed E-state index contributed by atoms with van der Waals surface area (Å²) in [6.45, 7) is 0.498. The summed E-state index contributed by atoms with van der Waals surface area (Å²) in [5.74, 6) is -0.0331. The third kappa shape index (κ3) is 3.81. The highest BCUT2D eigenvalue weighted by atomic mass is 35.5. The third-order valence-electron chi connectivity index (χ3n) is 4.62. The fourth-order valence-corrected chi connectivity index (χ4v) is 5.20. The van der Waals surface area contributed by atoms with Crippen molar-refractivity contribution in [1.29, 1.82) is 0 Å². The lowest BCUT2D eigenvalue weighted by Crippen LogP contribution is -2.04. The second kappa shape index (κ2) is 7.63. The van der Waals surface area contributed by atoms with Gasteiger partial charge in [-0.2, -0.15) is 0 Å². The molecule has 0 aliphatic heterocycles. The van der Waals surface area contributed by atoms with E-state index in [0.29, 0.717) is 21.5 Å². The van der Waals surface area contributed by atoms with Crippen molar-refractivity contribution in [1.82, 2.24) is 4.57 Å². The molecule has 0 spiro atoms. The normalized spacial score (nSPS) is 11.8. The summed E-state index contributed by atoms with van der Waals surface area (Å²) in [6, 6.07) is 22.2. The molecule has 0 fully saturated rings. The van der Waals surface area contributed by atoms with E-state index < -0.39 is 9.84 Å². The van der Waals surface area contributed by atoms with Crippen LogP contribution in [-0.4, -0.2) is 13.0 Å². The average molecular weight is 430 g/mol. The summed E-state index contributed by atoms with van der Waals surface area (Å²) < 4.78 is 28.2. The number of halogens is 2. The minimum absolute atomic E-state index is 0.0331. The number of hydrogen-bond donors (Lipinski definition) is 0. The molecule has 0 saturated heterocycles. The first-order chi connectivity index (χ1) is 13.4. The second-order valence-corrected chi connectivity index (χ2v) is 9.40. The third-order valence-corrected chi connectivity index (χ3v) is 7.07. The van der Waals surface area contributed by atoms with Crippen LogP contribution < -0.4 is 0 Å². The Balaban J connectivity index is 1.77. The summed E-state index contributed by atoms with van der Waals surface area (Å²) in [4.78, 5) is 0.340. The van der Waals surface area contributed by atoms with Gasteiger partial charge in [-0.1, -0.05) is 77.8 Å². The quantitative estimate of drug-likeness (QED) is 0.391. The molecule has 6 heteroatoms. The van der Waals surface area contributed by atoms with Crippen LogP contribution in [0.25, 0.3) is 10.9 Å². The van der Waals surface area contributed by atoms with E-state index in [-0.39, 0.29) is 5.75 Å². The van der Waals surface area contributed by atoms with E-state index in [1.165, 1.54) is 0 Å². The molecule has 1 heterocycles. The highest BCUT2D eigenvalue weighted by Crippen LogP contribution is 2.29. The zero-order valence-electron chi connectivity index (χ0n) is 14.8. The molecule has 28 heavy (non-hydrogen) atoms. The molecule has 142 valence electrons. The molecule has 0 aliphatic carbocycles. The predicted octanol–water partition coefficient (Wildman–Crippen LogP) is 5.97. The number of hydrogen-bond acceptors (Lipinski definition) is 2. The lowest BCUT2D eigenvalue weighted by molar-refractivity contribution is 0.595. The van der Waals surface area contributed by atoms with Crippen LogP contribution in [0.1, 0.15) is 11.1 Å². The Labute approximate surface area is 174 Å². The number of fused-ring (bicyclic) bond motifs is 1. The van der Waals surface area contributed by atoms with Crippen LogP contribution in [-0.2, 0) is 22.1 Å². The van der Waals surface area contributed by atoms with Gasteiger partial charge in [0.1, 0.15) is 0 Å². The Morgan fingerprint density at radius 2 is 1.50 bits per heavy atom. The molecule has 3 aromatic carbocycles. The smallest absolute Gasteiger partial charge is 0.184 e. The minimum Gasteiger partial charge on any atom is -0.342 e. The Morgan fingerprint density at radius 3 is 2.25 bits per heavy atom. The molecule has 0 amide bonds. The molecule has 1 aromatic heterocycles. The fraction of sp³-hybridized carbons (Fsp3) is 0.0909. The van der Waals surface area contributed by atoms with E-state index in [2.05, 4.69) is 0 Å². The summed E-state index contributed by atoms with van der Waals surface area (Å²) in [5, 5.41) is 1.69. The topological polar surface area (TPSA) is 39.1 Å². The summed E-state index contributed by atoms with van der Waals surface area (Å²) >= 11 is 12.1. The zero-order chi connectivity index (χ0) is 19.7. The Bertz CT molecular complexity index is 1250. The largest absolute Gasteiger partial charge is 0.342 e. The van der Waals surface area contributed by atoms with Crippen molar-refractivity contribution >= 4 is 43.9 Å². The lowest BCUT2D eigenvalue weighted by atomic mass is 10.2. The molecular weight excluding hydrogens is 413 g/mol. The van der Waals surface area contributed by atoms with Crippen LogP contribution in [0.2, 0.25) is 10.0 Å². The van der Waals surface area contributed by atoms with E-state index in [1.54, 1.807) is 18.3 Å². The Morgan fingerprint density at radius 1 is 0.786 bits per heavy atom. The number of nitrogens with zero attached hydrogens (tertiary/aromatic N) is 1. The van der Waals surface area contributed by atoms with Gasteiger partial charge in [-0.3, -0.25) is 0 Å². The summed E-state index contributed by atoms with van der Waals surface area (Å²) in [6.07, 6.45) is 1.71. The molecule has 0 radical (unpaired) electrons. The molecule has 4 rings (SSSR count). The van der Waals surface area contributed by atoms with Gasteiger partial charge in [0.15, 0.2) is 9.84 Å². The van der Waals surface area contributed by atoms with E-state index in [0.717, 1.165) is 22.0 Å². The van der Waals surface area contributed by atoms with Crippen molar-refractivity contribution in [3.05, 3.63) is 100 Å². The first kappa shape index (κ1) is 19.1. The van der Waals surface area contributed by atoms with Crippen LogP contribution in [0, 0.1) is 0 Å². The Hall–Kier alpha value is -2.27. The van der Waals surface area contributed by atoms with Crippen molar-refractivity contribution in [3.8, 4) is 0 Å². The van der Waals surface area contributed by atoms with Gasteiger partial charge in [0, 0.05) is 23.6 Å². The molecule has 0 atom stereocenters. The molecule has 0 aliphatic rings. The van der Waals surface area contributed by atoms with Crippen molar-refractivity contribution in [2.75, 3.05) is 0 Å². The Kier molecular flexibility index (Phi) is 5.19. The van der Waals surface area contributed by atoms with E-state index in [9.17, 15) is 8.42 Å². The minimum atomic E-state index is -3.49. The van der Waals surface area contributed by atoms with Gasteiger partial charge >= 0.3 is 0 Å². The monoisotopic (exact) mass is 429 g/mol. The van der Waals surface area contributed by atoms with Gasteiger partial charge in [0.2, 0.25) is 0 Å². The van der Waals surface area contributed by atoms with E-state index in [1.807, 2.05) is 65.2 Å². The molecule has 0 bridgehead atoms. The van der Waals surface area contributed by atoms with Crippen LogP contribution >= 0.6 is 23.2 Å². The predicted molar refractivity (Wildman–Crippen MR) is 115 cm³/mol. The SMILES string of the molecule is O=S(=O)(Cc1ccccc1)c1cn(Cc2ccc(Cl)c(Cl)c2)c2ccccc12. The standard InChI is InChI=1S/C22H17Cl2NO2S/c23-19-11-10-17(12-20(19)24)13-25-14-22(18-8-4-5-9-21(18)25)28(26,27)15-16-6-2-1-3-7-16/h1-12,14H,13,15H2. The number of sulfone groups is 1. The first-order valence-corrected chi connectivity index (χ1v) is 11.1. The summed E-state index contributed by atoms with van der Waals surface area (Å²) in [7, 11) is -3.49. The summed E-state index contributed by atoms with van der Waals surface area (Å²) in [5.41, 5.74) is 2.58. The van der Waals surface area contributed by atoms with Gasteiger partial charge in [0.25, 0.3) is 0 Å². The van der Waals surface area contributed by atoms with Gasteiger partial charge in [-0.15, -0.1) is 0 Å². The van der Waals surface area contributed by atoms with Crippen molar-refractivity contribution in [2.24, 2.45) is 0 Å². The average Bonchev–Trinajstić information content (AvgIpc) is 3.05. The number of aromatic nitrogens is 1. The number of rotatable bonds is 5. The van der Waals surface area contributed by atoms with Gasteiger partial charge in [-0.05, 0) is 29.3 Å². The van der Waals surface area contributed by atoms with Gasteiger partial charge in [-0.25, -0.2) is 8.42 Å². The van der Waals surface area contributed by atoms with Crippen molar-refractivity contribution in [2.45, 2.75) is 17.2 Å². The molecule has 0 saturated carbocycles. The molecular formula is C22H17Cl2NO2S. The maximum Gasteiger partial charge on any atom is 0.184 e.